The summed E-state index contributed by atoms with van der Waals surface area (Å²) in [5.41, 5.74) is 5.91. The smallest absolute Gasteiger partial charge is 0.407 e. The SMILES string of the molecule is C=CCOC(=O)NCc1ccc(C[C@@H](NC(=O)OCC2c3ccccc3-c3ccccc32)C(=O)O)cc1. The minimum atomic E-state index is -1.16. The first-order chi connectivity index (χ1) is 18.0. The van der Waals surface area contributed by atoms with E-state index < -0.39 is 24.2 Å². The van der Waals surface area contributed by atoms with Gasteiger partial charge in [0.25, 0.3) is 0 Å². The molecule has 0 spiro atoms. The number of hydrogen-bond acceptors (Lipinski definition) is 5. The van der Waals surface area contributed by atoms with Crippen molar-refractivity contribution in [3.8, 4) is 11.1 Å². The number of carbonyl (C=O) groups is 3. The molecule has 1 aliphatic carbocycles. The van der Waals surface area contributed by atoms with Crippen LogP contribution in [0.2, 0.25) is 0 Å². The molecule has 3 aromatic carbocycles. The van der Waals surface area contributed by atoms with Crippen molar-refractivity contribution >= 4 is 18.2 Å². The minimum Gasteiger partial charge on any atom is -0.480 e. The van der Waals surface area contributed by atoms with E-state index in [0.717, 1.165) is 27.8 Å². The maximum atomic E-state index is 12.6. The molecular formula is C29H28N2O6. The second-order valence-corrected chi connectivity index (χ2v) is 8.62. The Morgan fingerprint density at radius 3 is 2.05 bits per heavy atom. The number of benzene rings is 3. The molecule has 8 nitrogen and oxygen atoms in total. The van der Waals surface area contributed by atoms with Gasteiger partial charge >= 0.3 is 18.2 Å². The van der Waals surface area contributed by atoms with Gasteiger partial charge in [0.15, 0.2) is 0 Å². The summed E-state index contributed by atoms with van der Waals surface area (Å²) in [6, 6.07) is 21.9. The number of ether oxygens (including phenoxy) is 2. The lowest BCUT2D eigenvalue weighted by atomic mass is 9.98. The summed E-state index contributed by atoms with van der Waals surface area (Å²) in [5.74, 6) is -1.28. The second kappa shape index (κ2) is 11.9. The lowest BCUT2D eigenvalue weighted by Crippen LogP contribution is -2.42. The average Bonchev–Trinajstić information content (AvgIpc) is 3.23. The van der Waals surface area contributed by atoms with Crippen molar-refractivity contribution < 1.29 is 29.0 Å². The Labute approximate surface area is 214 Å². The van der Waals surface area contributed by atoms with Crippen LogP contribution in [0.3, 0.4) is 0 Å². The third-order valence-electron chi connectivity index (χ3n) is 6.17. The van der Waals surface area contributed by atoms with Gasteiger partial charge in [0.2, 0.25) is 0 Å². The van der Waals surface area contributed by atoms with E-state index >= 15 is 0 Å². The fourth-order valence-electron chi connectivity index (χ4n) is 4.37. The normalized spacial score (nSPS) is 12.5. The second-order valence-electron chi connectivity index (χ2n) is 8.62. The zero-order valence-corrected chi connectivity index (χ0v) is 20.2. The summed E-state index contributed by atoms with van der Waals surface area (Å²) in [7, 11) is 0. The molecule has 1 aliphatic rings. The van der Waals surface area contributed by atoms with Gasteiger partial charge in [-0.1, -0.05) is 85.5 Å². The van der Waals surface area contributed by atoms with E-state index in [0.29, 0.717) is 5.56 Å². The Bertz CT molecular complexity index is 1240. The first-order valence-corrected chi connectivity index (χ1v) is 11.9. The van der Waals surface area contributed by atoms with Crippen molar-refractivity contribution in [3.05, 3.63) is 108 Å². The molecule has 37 heavy (non-hydrogen) atoms. The summed E-state index contributed by atoms with van der Waals surface area (Å²) in [6.07, 6.45) is 0.216. The Balaban J connectivity index is 1.32. The zero-order chi connectivity index (χ0) is 26.2. The highest BCUT2D eigenvalue weighted by atomic mass is 16.6. The zero-order valence-electron chi connectivity index (χ0n) is 20.2. The number of rotatable bonds is 10. The van der Waals surface area contributed by atoms with Crippen molar-refractivity contribution in [2.75, 3.05) is 13.2 Å². The first kappa shape index (κ1) is 25.5. The number of fused-ring (bicyclic) bond motifs is 3. The molecule has 0 heterocycles. The Hall–Kier alpha value is -4.59. The first-order valence-electron chi connectivity index (χ1n) is 11.9. The summed E-state index contributed by atoms with van der Waals surface area (Å²) >= 11 is 0. The molecule has 0 saturated carbocycles. The molecule has 0 fully saturated rings. The lowest BCUT2D eigenvalue weighted by Gasteiger charge is -2.17. The average molecular weight is 501 g/mol. The molecule has 0 bridgehead atoms. The molecule has 0 saturated heterocycles. The van der Waals surface area contributed by atoms with Crippen LogP contribution >= 0.6 is 0 Å². The predicted octanol–water partition coefficient (Wildman–Crippen LogP) is 4.63. The van der Waals surface area contributed by atoms with Crippen molar-refractivity contribution in [2.24, 2.45) is 0 Å². The molecule has 1 atom stereocenters. The number of amides is 2. The molecule has 4 rings (SSSR count). The van der Waals surface area contributed by atoms with Crippen LogP contribution in [0, 0.1) is 0 Å². The van der Waals surface area contributed by atoms with Crippen molar-refractivity contribution in [2.45, 2.75) is 24.9 Å². The third kappa shape index (κ3) is 6.35. The number of hydrogen-bond donors (Lipinski definition) is 3. The number of nitrogens with one attached hydrogen (secondary N) is 2. The summed E-state index contributed by atoms with van der Waals surface area (Å²) in [5, 5.41) is 14.7. The highest BCUT2D eigenvalue weighted by molar-refractivity contribution is 5.81. The molecule has 2 amide bonds. The Kier molecular flexibility index (Phi) is 8.20. The van der Waals surface area contributed by atoms with Crippen LogP contribution in [0.15, 0.2) is 85.5 Å². The van der Waals surface area contributed by atoms with Gasteiger partial charge in [-0.25, -0.2) is 14.4 Å². The van der Waals surface area contributed by atoms with Gasteiger partial charge in [0.05, 0.1) is 0 Å². The monoisotopic (exact) mass is 500 g/mol. The van der Waals surface area contributed by atoms with Crippen LogP contribution in [-0.4, -0.2) is 42.5 Å². The third-order valence-corrected chi connectivity index (χ3v) is 6.17. The molecule has 8 heteroatoms. The fourth-order valence-corrected chi connectivity index (χ4v) is 4.37. The van der Waals surface area contributed by atoms with E-state index in [1.165, 1.54) is 6.08 Å². The van der Waals surface area contributed by atoms with Gasteiger partial charge in [0, 0.05) is 18.9 Å². The largest absolute Gasteiger partial charge is 0.480 e. The van der Waals surface area contributed by atoms with Crippen LogP contribution < -0.4 is 10.6 Å². The summed E-state index contributed by atoms with van der Waals surface area (Å²) in [4.78, 5) is 35.9. The highest BCUT2D eigenvalue weighted by Crippen LogP contribution is 2.44. The summed E-state index contributed by atoms with van der Waals surface area (Å²) in [6.45, 7) is 3.96. The maximum absolute atomic E-state index is 12.6. The van der Waals surface area contributed by atoms with Crippen molar-refractivity contribution in [1.82, 2.24) is 10.6 Å². The Morgan fingerprint density at radius 1 is 0.865 bits per heavy atom. The van der Waals surface area contributed by atoms with Gasteiger partial charge in [-0.15, -0.1) is 0 Å². The fraction of sp³-hybridized carbons (Fsp3) is 0.207. The van der Waals surface area contributed by atoms with Crippen LogP contribution in [0.4, 0.5) is 9.59 Å². The van der Waals surface area contributed by atoms with Crippen LogP contribution in [0.5, 0.6) is 0 Å². The molecule has 0 unspecified atom stereocenters. The van der Waals surface area contributed by atoms with E-state index in [4.69, 9.17) is 9.47 Å². The number of carboxylic acid groups (broad SMARTS) is 1. The van der Waals surface area contributed by atoms with E-state index in [-0.39, 0.29) is 32.1 Å². The lowest BCUT2D eigenvalue weighted by molar-refractivity contribution is -0.139. The van der Waals surface area contributed by atoms with Crippen molar-refractivity contribution in [1.29, 1.82) is 0 Å². The number of aliphatic carboxylic acids is 1. The van der Waals surface area contributed by atoms with Crippen molar-refractivity contribution in [3.63, 3.8) is 0 Å². The van der Waals surface area contributed by atoms with Crippen LogP contribution in [0.25, 0.3) is 11.1 Å². The molecule has 0 radical (unpaired) electrons. The van der Waals surface area contributed by atoms with Gasteiger partial charge in [-0.05, 0) is 33.4 Å². The Morgan fingerprint density at radius 2 is 1.46 bits per heavy atom. The number of carbonyl (C=O) groups excluding carboxylic acids is 2. The minimum absolute atomic E-state index is 0.0780. The number of carboxylic acids is 1. The standard InChI is InChI=1S/C29H28N2O6/c1-2-15-36-28(34)30-17-20-13-11-19(12-14-20)16-26(27(32)33)31-29(35)37-18-25-23-9-5-3-7-21(23)22-8-4-6-10-24(22)25/h2-14,25-26H,1,15-18H2,(H,30,34)(H,31,35)(H,32,33)/t26-/m1/s1. The quantitative estimate of drug-likeness (QED) is 0.350. The predicted molar refractivity (Wildman–Crippen MR) is 138 cm³/mol. The van der Waals surface area contributed by atoms with E-state index in [2.05, 4.69) is 17.2 Å². The van der Waals surface area contributed by atoms with Gasteiger partial charge in [0.1, 0.15) is 19.3 Å². The van der Waals surface area contributed by atoms with Gasteiger partial charge < -0.3 is 25.2 Å². The summed E-state index contributed by atoms with van der Waals surface area (Å²) < 4.78 is 10.3. The van der Waals surface area contributed by atoms with Crippen LogP contribution in [-0.2, 0) is 27.2 Å². The van der Waals surface area contributed by atoms with Gasteiger partial charge in [-0.2, -0.15) is 0 Å². The maximum Gasteiger partial charge on any atom is 0.407 e. The molecule has 3 N–H and O–H groups in total. The van der Waals surface area contributed by atoms with Crippen LogP contribution in [0.1, 0.15) is 28.2 Å². The number of alkyl carbamates (subject to hydrolysis) is 2. The van der Waals surface area contributed by atoms with Gasteiger partial charge in [-0.3, -0.25) is 0 Å². The molecular weight excluding hydrogens is 472 g/mol. The molecule has 0 aliphatic heterocycles. The topological polar surface area (TPSA) is 114 Å². The van der Waals surface area contributed by atoms with E-state index in [1.54, 1.807) is 24.3 Å². The van der Waals surface area contributed by atoms with E-state index in [9.17, 15) is 19.5 Å². The highest BCUT2D eigenvalue weighted by Gasteiger charge is 2.29. The molecule has 0 aromatic heterocycles. The van der Waals surface area contributed by atoms with E-state index in [1.807, 2.05) is 48.5 Å². The molecule has 3 aromatic rings. The molecule has 190 valence electrons.